The zero-order valence-electron chi connectivity index (χ0n) is 8.97. The van der Waals surface area contributed by atoms with E-state index in [4.69, 9.17) is 0 Å². The van der Waals surface area contributed by atoms with E-state index in [0.717, 1.165) is 11.4 Å². The molecule has 0 amide bonds. The number of benzene rings is 1. The summed E-state index contributed by atoms with van der Waals surface area (Å²) >= 11 is 1.86. The van der Waals surface area contributed by atoms with Crippen molar-refractivity contribution < 1.29 is 0 Å². The van der Waals surface area contributed by atoms with E-state index in [0.29, 0.717) is 0 Å². The molecule has 2 aromatic rings. The lowest BCUT2D eigenvalue weighted by Gasteiger charge is -2.03. The van der Waals surface area contributed by atoms with Crippen LogP contribution in [0, 0.1) is 0 Å². The Morgan fingerprint density at radius 2 is 1.93 bits per heavy atom. The first kappa shape index (κ1) is 10.3. The third-order valence-corrected chi connectivity index (χ3v) is 3.18. The van der Waals surface area contributed by atoms with Gasteiger partial charge in [0, 0.05) is 18.1 Å². The number of hydrogen-bond donors (Lipinski definition) is 0. The minimum absolute atomic E-state index is 1.12. The molecule has 0 aliphatic carbocycles. The first-order valence-corrected chi connectivity index (χ1v) is 6.01. The Morgan fingerprint density at radius 1 is 1.20 bits per heavy atom. The molecule has 1 aromatic carbocycles. The number of hydrogen-bond acceptors (Lipinski definition) is 2. The Kier molecular flexibility index (Phi) is 3.11. The van der Waals surface area contributed by atoms with E-state index in [-0.39, 0.29) is 0 Å². The average Bonchev–Trinajstić information content (AvgIpc) is 2.66. The summed E-state index contributed by atoms with van der Waals surface area (Å²) < 4.78 is 1.89. The lowest BCUT2D eigenvalue weighted by atomic mass is 10.1. The number of rotatable bonds is 3. The molecule has 0 fully saturated rings. The first-order valence-electron chi connectivity index (χ1n) is 5.02. The third-order valence-electron chi connectivity index (χ3n) is 2.28. The van der Waals surface area contributed by atoms with Crippen LogP contribution in [-0.4, -0.2) is 15.5 Å². The third kappa shape index (κ3) is 2.23. The molecule has 0 radical (unpaired) electrons. The molecule has 15 heavy (non-hydrogen) atoms. The maximum absolute atomic E-state index is 4.16. The summed E-state index contributed by atoms with van der Waals surface area (Å²) in [4.78, 5) is 1.32. The molecule has 0 atom stereocenters. The van der Waals surface area contributed by atoms with Crippen molar-refractivity contribution in [2.75, 3.05) is 5.75 Å². The summed E-state index contributed by atoms with van der Waals surface area (Å²) in [6, 6.07) is 10.7. The SMILES string of the molecule is CCSc1ccc(-c2ccnn2C)cc1. The Morgan fingerprint density at radius 3 is 2.47 bits per heavy atom. The highest BCUT2D eigenvalue weighted by Gasteiger charge is 2.01. The maximum atomic E-state index is 4.16. The van der Waals surface area contributed by atoms with Crippen molar-refractivity contribution in [1.29, 1.82) is 0 Å². The molecule has 3 heteroatoms. The summed E-state index contributed by atoms with van der Waals surface area (Å²) in [5.74, 6) is 1.12. The normalized spacial score (nSPS) is 10.5. The van der Waals surface area contributed by atoms with Gasteiger partial charge in [-0.05, 0) is 29.5 Å². The van der Waals surface area contributed by atoms with Crippen LogP contribution in [0.3, 0.4) is 0 Å². The highest BCUT2D eigenvalue weighted by Crippen LogP contribution is 2.23. The van der Waals surface area contributed by atoms with Crippen LogP contribution in [0.25, 0.3) is 11.3 Å². The molecule has 0 saturated carbocycles. The zero-order chi connectivity index (χ0) is 10.7. The van der Waals surface area contributed by atoms with Crippen molar-refractivity contribution in [3.05, 3.63) is 36.5 Å². The second kappa shape index (κ2) is 4.53. The van der Waals surface area contributed by atoms with Crippen molar-refractivity contribution in [2.24, 2.45) is 7.05 Å². The van der Waals surface area contributed by atoms with Crippen LogP contribution in [0.2, 0.25) is 0 Å². The lowest BCUT2D eigenvalue weighted by molar-refractivity contribution is 0.776. The van der Waals surface area contributed by atoms with Crippen molar-refractivity contribution >= 4 is 11.8 Å². The number of aromatic nitrogens is 2. The van der Waals surface area contributed by atoms with Crippen LogP contribution in [0.4, 0.5) is 0 Å². The number of thioether (sulfide) groups is 1. The molecule has 0 N–H and O–H groups in total. The molecule has 1 aromatic heterocycles. The molecule has 0 aliphatic heterocycles. The monoisotopic (exact) mass is 218 g/mol. The van der Waals surface area contributed by atoms with Gasteiger partial charge >= 0.3 is 0 Å². The molecule has 0 bridgehead atoms. The maximum Gasteiger partial charge on any atom is 0.0678 e. The quantitative estimate of drug-likeness (QED) is 0.736. The van der Waals surface area contributed by atoms with Crippen LogP contribution in [-0.2, 0) is 7.05 Å². The highest BCUT2D eigenvalue weighted by atomic mass is 32.2. The minimum Gasteiger partial charge on any atom is -0.268 e. The fraction of sp³-hybridized carbons (Fsp3) is 0.250. The van der Waals surface area contributed by atoms with E-state index >= 15 is 0 Å². The molecule has 1 heterocycles. The van der Waals surface area contributed by atoms with Crippen molar-refractivity contribution in [2.45, 2.75) is 11.8 Å². The second-order valence-corrected chi connectivity index (χ2v) is 4.63. The van der Waals surface area contributed by atoms with Gasteiger partial charge in [0.2, 0.25) is 0 Å². The molecule has 0 unspecified atom stereocenters. The fourth-order valence-corrected chi connectivity index (χ4v) is 2.21. The van der Waals surface area contributed by atoms with E-state index in [1.165, 1.54) is 10.5 Å². The van der Waals surface area contributed by atoms with Gasteiger partial charge in [0.15, 0.2) is 0 Å². The fourth-order valence-electron chi connectivity index (χ4n) is 1.55. The summed E-state index contributed by atoms with van der Waals surface area (Å²) in [6.45, 7) is 2.17. The van der Waals surface area contributed by atoms with Crippen molar-refractivity contribution in [1.82, 2.24) is 9.78 Å². The van der Waals surface area contributed by atoms with Gasteiger partial charge < -0.3 is 0 Å². The van der Waals surface area contributed by atoms with E-state index in [9.17, 15) is 0 Å². The van der Waals surface area contributed by atoms with Gasteiger partial charge in [-0.15, -0.1) is 11.8 Å². The molecule has 78 valence electrons. The summed E-state index contributed by atoms with van der Waals surface area (Å²) in [6.07, 6.45) is 1.82. The van der Waals surface area contributed by atoms with Crippen LogP contribution in [0.5, 0.6) is 0 Å². The highest BCUT2D eigenvalue weighted by molar-refractivity contribution is 7.99. The van der Waals surface area contributed by atoms with E-state index in [1.807, 2.05) is 35.8 Å². The molecule has 0 saturated heterocycles. The summed E-state index contributed by atoms with van der Waals surface area (Å²) in [5, 5.41) is 4.16. The van der Waals surface area contributed by atoms with E-state index in [1.54, 1.807) is 0 Å². The zero-order valence-corrected chi connectivity index (χ0v) is 9.79. The van der Waals surface area contributed by atoms with Crippen LogP contribution >= 0.6 is 11.8 Å². The van der Waals surface area contributed by atoms with Gasteiger partial charge in [0.25, 0.3) is 0 Å². The van der Waals surface area contributed by atoms with Gasteiger partial charge in [-0.1, -0.05) is 19.1 Å². The van der Waals surface area contributed by atoms with Gasteiger partial charge in [-0.3, -0.25) is 4.68 Å². The minimum atomic E-state index is 1.12. The predicted molar refractivity (Wildman–Crippen MR) is 65.0 cm³/mol. The molecule has 2 rings (SSSR count). The molecular formula is C12H14N2S. The largest absolute Gasteiger partial charge is 0.268 e. The van der Waals surface area contributed by atoms with Gasteiger partial charge in [0.05, 0.1) is 5.69 Å². The number of aryl methyl sites for hydroxylation is 1. The summed E-state index contributed by atoms with van der Waals surface area (Å²) in [5.41, 5.74) is 2.37. The van der Waals surface area contributed by atoms with Gasteiger partial charge in [0.1, 0.15) is 0 Å². The van der Waals surface area contributed by atoms with Gasteiger partial charge in [-0.2, -0.15) is 5.10 Å². The molecule has 0 aliphatic rings. The standard InChI is InChI=1S/C12H14N2S/c1-3-15-11-6-4-10(5-7-11)12-8-9-13-14(12)2/h4-9H,3H2,1-2H3. The van der Waals surface area contributed by atoms with Gasteiger partial charge in [-0.25, -0.2) is 0 Å². The van der Waals surface area contributed by atoms with Crippen LogP contribution in [0.15, 0.2) is 41.4 Å². The molecule has 2 nitrogen and oxygen atoms in total. The summed E-state index contributed by atoms with van der Waals surface area (Å²) in [7, 11) is 1.96. The first-order chi connectivity index (χ1) is 7.31. The second-order valence-electron chi connectivity index (χ2n) is 3.30. The average molecular weight is 218 g/mol. The Labute approximate surface area is 94.3 Å². The smallest absolute Gasteiger partial charge is 0.0678 e. The van der Waals surface area contributed by atoms with Crippen LogP contribution < -0.4 is 0 Å². The lowest BCUT2D eigenvalue weighted by Crippen LogP contribution is -1.92. The Hall–Kier alpha value is -1.22. The Balaban J connectivity index is 2.28. The van der Waals surface area contributed by atoms with Crippen LogP contribution in [0.1, 0.15) is 6.92 Å². The van der Waals surface area contributed by atoms with E-state index in [2.05, 4.69) is 36.3 Å². The predicted octanol–water partition coefficient (Wildman–Crippen LogP) is 3.20. The molecule has 0 spiro atoms. The number of nitrogens with zero attached hydrogens (tertiary/aromatic N) is 2. The van der Waals surface area contributed by atoms with Crippen molar-refractivity contribution in [3.8, 4) is 11.3 Å². The molecular weight excluding hydrogens is 204 g/mol. The topological polar surface area (TPSA) is 17.8 Å². The van der Waals surface area contributed by atoms with Crippen molar-refractivity contribution in [3.63, 3.8) is 0 Å². The van der Waals surface area contributed by atoms with E-state index < -0.39 is 0 Å². The Bertz CT molecular complexity index is 431.